The van der Waals surface area contributed by atoms with Crippen LogP contribution in [0.15, 0.2) is 36.5 Å². The average molecular weight is 225 g/mol. The molecule has 0 aliphatic rings. The van der Waals surface area contributed by atoms with Crippen molar-refractivity contribution in [2.75, 3.05) is 0 Å². The molecule has 0 saturated carbocycles. The molecule has 0 amide bonds. The highest BCUT2D eigenvalue weighted by Crippen LogP contribution is 2.19. The SMILES string of the molecule is FC(F)(F)Cn1c[c]c(-c2ccccc2)n1. The topological polar surface area (TPSA) is 17.8 Å². The third kappa shape index (κ3) is 2.62. The summed E-state index contributed by atoms with van der Waals surface area (Å²) >= 11 is 0. The van der Waals surface area contributed by atoms with Crippen LogP contribution in [-0.2, 0) is 6.54 Å². The third-order valence-electron chi connectivity index (χ3n) is 1.97. The Morgan fingerprint density at radius 1 is 1.19 bits per heavy atom. The van der Waals surface area contributed by atoms with Gasteiger partial charge in [0.2, 0.25) is 0 Å². The lowest BCUT2D eigenvalue weighted by Crippen LogP contribution is -2.17. The maximum atomic E-state index is 12.1. The van der Waals surface area contributed by atoms with Crippen LogP contribution in [0.4, 0.5) is 13.2 Å². The highest BCUT2D eigenvalue weighted by atomic mass is 19.4. The smallest absolute Gasteiger partial charge is 0.262 e. The first-order valence-electron chi connectivity index (χ1n) is 4.62. The molecule has 0 aliphatic carbocycles. The first kappa shape index (κ1) is 10.7. The van der Waals surface area contributed by atoms with E-state index in [0.717, 1.165) is 10.2 Å². The van der Waals surface area contributed by atoms with Crippen LogP contribution in [0.5, 0.6) is 0 Å². The highest BCUT2D eigenvalue weighted by molar-refractivity contribution is 5.57. The number of hydrogen-bond donors (Lipinski definition) is 0. The van der Waals surface area contributed by atoms with Gasteiger partial charge in [0, 0.05) is 17.8 Å². The second-order valence-electron chi connectivity index (χ2n) is 3.30. The number of aromatic nitrogens is 2. The van der Waals surface area contributed by atoms with E-state index in [4.69, 9.17) is 0 Å². The zero-order chi connectivity index (χ0) is 11.6. The molecule has 2 aromatic rings. The van der Waals surface area contributed by atoms with E-state index < -0.39 is 12.7 Å². The number of benzene rings is 1. The minimum absolute atomic E-state index is 0.421. The van der Waals surface area contributed by atoms with Gasteiger partial charge in [-0.3, -0.25) is 4.68 Å². The van der Waals surface area contributed by atoms with Crippen molar-refractivity contribution in [1.82, 2.24) is 9.78 Å². The molecule has 83 valence electrons. The number of hydrogen-bond acceptors (Lipinski definition) is 1. The normalized spacial score (nSPS) is 11.7. The maximum Gasteiger partial charge on any atom is 0.408 e. The summed E-state index contributed by atoms with van der Waals surface area (Å²) in [5.74, 6) is 0. The molecular formula is C11H8F3N2. The molecule has 1 aromatic heterocycles. The molecule has 0 saturated heterocycles. The molecule has 1 heterocycles. The zero-order valence-corrected chi connectivity index (χ0v) is 8.20. The summed E-state index contributed by atoms with van der Waals surface area (Å²) in [5, 5.41) is 3.81. The molecule has 2 nitrogen and oxygen atoms in total. The second kappa shape index (κ2) is 4.00. The largest absolute Gasteiger partial charge is 0.408 e. The fourth-order valence-corrected chi connectivity index (χ4v) is 1.32. The molecule has 0 bridgehead atoms. The van der Waals surface area contributed by atoms with Crippen molar-refractivity contribution >= 4 is 0 Å². The van der Waals surface area contributed by atoms with Crippen LogP contribution in [0.1, 0.15) is 0 Å². The minimum Gasteiger partial charge on any atom is -0.262 e. The second-order valence-corrected chi connectivity index (χ2v) is 3.30. The average Bonchev–Trinajstić information content (AvgIpc) is 2.65. The molecule has 0 N–H and O–H groups in total. The molecular weight excluding hydrogens is 217 g/mol. The Balaban J connectivity index is 2.21. The molecule has 0 aliphatic heterocycles. The van der Waals surface area contributed by atoms with E-state index in [0.29, 0.717) is 5.69 Å². The minimum atomic E-state index is -4.26. The molecule has 2 rings (SSSR count). The van der Waals surface area contributed by atoms with Crippen LogP contribution in [0.3, 0.4) is 0 Å². The zero-order valence-electron chi connectivity index (χ0n) is 8.20. The van der Waals surface area contributed by atoms with Gasteiger partial charge in [-0.1, -0.05) is 30.3 Å². The van der Waals surface area contributed by atoms with Gasteiger partial charge in [0.15, 0.2) is 0 Å². The summed E-state index contributed by atoms with van der Waals surface area (Å²) in [6.07, 6.45) is -3.05. The lowest BCUT2D eigenvalue weighted by atomic mass is 10.2. The van der Waals surface area contributed by atoms with Gasteiger partial charge in [-0.15, -0.1) is 0 Å². The number of nitrogens with zero attached hydrogens (tertiary/aromatic N) is 2. The number of alkyl halides is 3. The van der Waals surface area contributed by atoms with Crippen LogP contribution in [0.2, 0.25) is 0 Å². The molecule has 0 unspecified atom stereocenters. The predicted molar refractivity (Wildman–Crippen MR) is 52.6 cm³/mol. The Bertz CT molecular complexity index is 460. The lowest BCUT2D eigenvalue weighted by molar-refractivity contribution is -0.142. The van der Waals surface area contributed by atoms with E-state index in [1.54, 1.807) is 24.3 Å². The molecule has 1 radical (unpaired) electrons. The molecule has 0 fully saturated rings. The van der Waals surface area contributed by atoms with Gasteiger partial charge in [0.05, 0.1) is 0 Å². The first-order valence-corrected chi connectivity index (χ1v) is 4.62. The van der Waals surface area contributed by atoms with Crippen molar-refractivity contribution in [2.24, 2.45) is 0 Å². The quantitative estimate of drug-likeness (QED) is 0.768. The number of rotatable bonds is 2. The van der Waals surface area contributed by atoms with Crippen molar-refractivity contribution in [1.29, 1.82) is 0 Å². The Kier molecular flexibility index (Phi) is 2.68. The van der Waals surface area contributed by atoms with Crippen molar-refractivity contribution < 1.29 is 13.2 Å². The van der Waals surface area contributed by atoms with Gasteiger partial charge in [0.25, 0.3) is 0 Å². The fourth-order valence-electron chi connectivity index (χ4n) is 1.32. The summed E-state index contributed by atoms with van der Waals surface area (Å²) in [7, 11) is 0. The molecule has 0 atom stereocenters. The summed E-state index contributed by atoms with van der Waals surface area (Å²) < 4.78 is 37.1. The van der Waals surface area contributed by atoms with E-state index in [9.17, 15) is 13.2 Å². The van der Waals surface area contributed by atoms with Crippen molar-refractivity contribution in [3.05, 3.63) is 42.6 Å². The summed E-state index contributed by atoms with van der Waals surface area (Å²) in [6, 6.07) is 11.7. The van der Waals surface area contributed by atoms with E-state index in [1.807, 2.05) is 6.07 Å². The Morgan fingerprint density at radius 2 is 1.88 bits per heavy atom. The highest BCUT2D eigenvalue weighted by Gasteiger charge is 2.28. The lowest BCUT2D eigenvalue weighted by Gasteiger charge is -2.05. The van der Waals surface area contributed by atoms with Gasteiger partial charge >= 0.3 is 6.18 Å². The molecule has 5 heteroatoms. The maximum absolute atomic E-state index is 12.1. The summed E-state index contributed by atoms with van der Waals surface area (Å²) in [4.78, 5) is 0. The van der Waals surface area contributed by atoms with Crippen molar-refractivity contribution in [3.63, 3.8) is 0 Å². The van der Waals surface area contributed by atoms with E-state index in [1.165, 1.54) is 6.20 Å². The third-order valence-corrected chi connectivity index (χ3v) is 1.97. The van der Waals surface area contributed by atoms with Crippen LogP contribution >= 0.6 is 0 Å². The Hall–Kier alpha value is -1.78. The van der Waals surface area contributed by atoms with Gasteiger partial charge < -0.3 is 0 Å². The van der Waals surface area contributed by atoms with Gasteiger partial charge in [-0.2, -0.15) is 18.3 Å². The van der Waals surface area contributed by atoms with Crippen LogP contribution in [-0.4, -0.2) is 16.0 Å². The Morgan fingerprint density at radius 3 is 2.50 bits per heavy atom. The van der Waals surface area contributed by atoms with Crippen LogP contribution < -0.4 is 0 Å². The summed E-state index contributed by atoms with van der Waals surface area (Å²) in [6.45, 7) is -1.09. The molecule has 0 spiro atoms. The van der Waals surface area contributed by atoms with Gasteiger partial charge in [0.1, 0.15) is 12.2 Å². The van der Waals surface area contributed by atoms with Crippen LogP contribution in [0, 0.1) is 6.07 Å². The number of halogens is 3. The van der Waals surface area contributed by atoms with Crippen molar-refractivity contribution in [2.45, 2.75) is 12.7 Å². The van der Waals surface area contributed by atoms with Gasteiger partial charge in [-0.05, 0) is 0 Å². The van der Waals surface area contributed by atoms with Gasteiger partial charge in [-0.25, -0.2) is 0 Å². The van der Waals surface area contributed by atoms with E-state index >= 15 is 0 Å². The monoisotopic (exact) mass is 225 g/mol. The summed E-state index contributed by atoms with van der Waals surface area (Å²) in [5.41, 5.74) is 1.17. The first-order chi connectivity index (χ1) is 7.54. The fraction of sp³-hybridized carbons (Fsp3) is 0.182. The Labute approximate surface area is 90.3 Å². The predicted octanol–water partition coefficient (Wildman–Crippen LogP) is 2.91. The van der Waals surface area contributed by atoms with E-state index in [2.05, 4.69) is 11.2 Å². The van der Waals surface area contributed by atoms with Crippen LogP contribution in [0.25, 0.3) is 11.3 Å². The standard InChI is InChI=1S/C11H8F3N2/c12-11(13,14)8-16-7-6-10(15-16)9-4-2-1-3-5-9/h1-5,7H,8H2. The van der Waals surface area contributed by atoms with Crippen molar-refractivity contribution in [3.8, 4) is 11.3 Å². The van der Waals surface area contributed by atoms with E-state index in [-0.39, 0.29) is 0 Å². The molecule has 1 aromatic carbocycles. The molecule has 16 heavy (non-hydrogen) atoms.